The Hall–Kier alpha value is -3.90. The maximum absolute atomic E-state index is 12.7. The molecule has 6 heteroatoms. The number of benzene rings is 3. The summed E-state index contributed by atoms with van der Waals surface area (Å²) in [7, 11) is 2.20. The number of aromatic nitrogens is 1. The molecule has 0 saturated heterocycles. The highest BCUT2D eigenvalue weighted by Gasteiger charge is 2.26. The molecule has 3 aromatic carbocycles. The Bertz CT molecular complexity index is 1330. The number of aryl methyl sites for hydroxylation is 1. The maximum Gasteiger partial charge on any atom is 0.255 e. The van der Waals surface area contributed by atoms with Crippen LogP contribution in [0, 0.1) is 0 Å². The molecular formula is C29H32N4O2. The number of H-pyrrole nitrogens is 1. The fourth-order valence-electron chi connectivity index (χ4n) is 4.79. The van der Waals surface area contributed by atoms with E-state index in [-0.39, 0.29) is 5.91 Å². The number of aromatic amines is 1. The molecule has 1 atom stereocenters. The molecule has 5 rings (SSSR count). The van der Waals surface area contributed by atoms with Gasteiger partial charge in [0.05, 0.1) is 11.4 Å². The molecule has 1 aromatic heterocycles. The number of nitrogen functional groups attached to an aromatic ring is 1. The van der Waals surface area contributed by atoms with E-state index in [1.807, 2.05) is 30.3 Å². The van der Waals surface area contributed by atoms with Crippen LogP contribution in [0.1, 0.15) is 46.4 Å². The van der Waals surface area contributed by atoms with Crippen LogP contribution in [0.4, 0.5) is 11.4 Å². The third-order valence-corrected chi connectivity index (χ3v) is 6.60. The fourth-order valence-corrected chi connectivity index (χ4v) is 4.79. The molecule has 4 aromatic rings. The average molecular weight is 469 g/mol. The number of carbonyl (C=O) groups excluding carboxylic acids is 2. The highest BCUT2D eigenvalue weighted by molar-refractivity contribution is 6.05. The lowest BCUT2D eigenvalue weighted by molar-refractivity contribution is -0.106. The van der Waals surface area contributed by atoms with Crippen molar-refractivity contribution in [3.8, 4) is 0 Å². The lowest BCUT2D eigenvalue weighted by atomic mass is 10.0. The van der Waals surface area contributed by atoms with Crippen LogP contribution in [0.2, 0.25) is 0 Å². The first-order chi connectivity index (χ1) is 17.0. The van der Waals surface area contributed by atoms with Gasteiger partial charge in [-0.05, 0) is 80.3 Å². The second-order valence-corrected chi connectivity index (χ2v) is 8.84. The molecule has 6 nitrogen and oxygen atoms in total. The number of amides is 1. The van der Waals surface area contributed by atoms with Crippen molar-refractivity contribution in [2.45, 2.75) is 32.2 Å². The molecule has 1 heterocycles. The summed E-state index contributed by atoms with van der Waals surface area (Å²) >= 11 is 0. The number of rotatable bonds is 6. The number of nitrogens with zero attached hydrogens (tertiary/aromatic N) is 1. The van der Waals surface area contributed by atoms with Crippen LogP contribution in [0.15, 0.2) is 72.9 Å². The predicted molar refractivity (Wildman–Crippen MR) is 143 cm³/mol. The molecule has 4 N–H and O–H groups in total. The second kappa shape index (κ2) is 11.0. The van der Waals surface area contributed by atoms with Crippen molar-refractivity contribution in [1.82, 2.24) is 9.88 Å². The summed E-state index contributed by atoms with van der Waals surface area (Å²) in [5.41, 5.74) is 13.0. The van der Waals surface area contributed by atoms with Gasteiger partial charge in [0.2, 0.25) is 0 Å². The van der Waals surface area contributed by atoms with Gasteiger partial charge in [0.15, 0.2) is 0 Å². The number of likely N-dealkylation sites (N-methyl/N-ethyl adjacent to an activating group) is 1. The number of fused-ring (bicyclic) bond motifs is 2. The van der Waals surface area contributed by atoms with Crippen molar-refractivity contribution < 1.29 is 9.59 Å². The van der Waals surface area contributed by atoms with Crippen LogP contribution in [-0.2, 0) is 17.6 Å². The largest absolute Gasteiger partial charge is 0.397 e. The van der Waals surface area contributed by atoms with Gasteiger partial charge in [0.25, 0.3) is 5.91 Å². The zero-order valence-corrected chi connectivity index (χ0v) is 20.3. The second-order valence-electron chi connectivity index (χ2n) is 8.84. The molecular weight excluding hydrogens is 436 g/mol. The number of nitrogens with one attached hydrogen (secondary N) is 2. The van der Waals surface area contributed by atoms with Crippen LogP contribution in [0.3, 0.4) is 0 Å². The maximum atomic E-state index is 12.7. The minimum absolute atomic E-state index is 0.123. The van der Waals surface area contributed by atoms with Gasteiger partial charge in [0.1, 0.15) is 6.29 Å². The third-order valence-electron chi connectivity index (χ3n) is 6.60. The van der Waals surface area contributed by atoms with Gasteiger partial charge in [-0.15, -0.1) is 0 Å². The normalized spacial score (nSPS) is 14.3. The fraction of sp³-hybridized carbons (Fsp3) is 0.241. The van der Waals surface area contributed by atoms with Gasteiger partial charge in [-0.3, -0.25) is 9.69 Å². The van der Waals surface area contributed by atoms with Gasteiger partial charge >= 0.3 is 0 Å². The van der Waals surface area contributed by atoms with Gasteiger partial charge < -0.3 is 20.8 Å². The summed E-state index contributed by atoms with van der Waals surface area (Å²) in [6.45, 7) is 2.43. The van der Waals surface area contributed by atoms with E-state index < -0.39 is 0 Å². The minimum Gasteiger partial charge on any atom is -0.397 e. The number of aldehydes is 1. The van der Waals surface area contributed by atoms with E-state index in [1.54, 1.807) is 6.07 Å². The first-order valence-corrected chi connectivity index (χ1v) is 12.0. The van der Waals surface area contributed by atoms with Crippen LogP contribution < -0.4 is 11.1 Å². The SMILES string of the molecule is CC=O.CN(CCc1c[nH]c2ccccc12)C1CCc2cc(C(=O)Nc3ccccc3N)ccc21. The Balaban J connectivity index is 0.000000917. The number of hydrogen-bond donors (Lipinski definition) is 3. The zero-order valence-electron chi connectivity index (χ0n) is 20.3. The Labute approximate surface area is 206 Å². The molecule has 1 unspecified atom stereocenters. The number of hydrogen-bond acceptors (Lipinski definition) is 4. The van der Waals surface area contributed by atoms with Gasteiger partial charge in [-0.25, -0.2) is 0 Å². The summed E-state index contributed by atoms with van der Waals surface area (Å²) in [5, 5.41) is 4.23. The molecule has 0 spiro atoms. The topological polar surface area (TPSA) is 91.2 Å². The summed E-state index contributed by atoms with van der Waals surface area (Å²) < 4.78 is 0. The highest BCUT2D eigenvalue weighted by Crippen LogP contribution is 2.36. The lowest BCUT2D eigenvalue weighted by Crippen LogP contribution is -2.25. The van der Waals surface area contributed by atoms with Gasteiger partial charge in [-0.2, -0.15) is 0 Å². The first kappa shape index (κ1) is 24.2. The molecule has 180 valence electrons. The third kappa shape index (κ3) is 5.44. The number of nitrogens with two attached hydrogens (primary N) is 1. The smallest absolute Gasteiger partial charge is 0.255 e. The average Bonchev–Trinajstić information content (AvgIpc) is 3.48. The van der Waals surface area contributed by atoms with E-state index >= 15 is 0 Å². The number of carbonyl (C=O) groups is 2. The Morgan fingerprint density at radius 3 is 2.69 bits per heavy atom. The molecule has 1 aliphatic rings. The molecule has 0 aliphatic heterocycles. The zero-order chi connectivity index (χ0) is 24.8. The van der Waals surface area contributed by atoms with Crippen molar-refractivity contribution >= 4 is 34.5 Å². The van der Waals surface area contributed by atoms with E-state index in [4.69, 9.17) is 10.5 Å². The van der Waals surface area contributed by atoms with Crippen LogP contribution in [0.5, 0.6) is 0 Å². The van der Waals surface area contributed by atoms with Crippen molar-refractivity contribution in [3.63, 3.8) is 0 Å². The summed E-state index contributed by atoms with van der Waals surface area (Å²) in [6, 6.07) is 22.3. The van der Waals surface area contributed by atoms with E-state index in [0.717, 1.165) is 32.1 Å². The van der Waals surface area contributed by atoms with Gasteiger partial charge in [-0.1, -0.05) is 36.4 Å². The first-order valence-electron chi connectivity index (χ1n) is 12.0. The number of anilines is 2. The Morgan fingerprint density at radius 1 is 1.14 bits per heavy atom. The van der Waals surface area contributed by atoms with Crippen molar-refractivity contribution in [3.05, 3.63) is 95.2 Å². The summed E-state index contributed by atoms with van der Waals surface area (Å²) in [4.78, 5) is 27.4. The lowest BCUT2D eigenvalue weighted by Gasteiger charge is -2.25. The predicted octanol–water partition coefficient (Wildman–Crippen LogP) is 5.37. The van der Waals surface area contributed by atoms with Crippen molar-refractivity contribution in [2.75, 3.05) is 24.6 Å². The highest BCUT2D eigenvalue weighted by atomic mass is 16.1. The standard InChI is InChI=1S/C27H28N4O.C2H4O/c1-31(15-14-20-17-29-24-8-4-2-6-21(20)24)26-13-11-18-16-19(10-12-22(18)26)27(32)30-25-9-5-3-7-23(25)28;1-2-3/h2-10,12,16-17,26,29H,11,13-15,28H2,1H3,(H,30,32);2H,1H3. The summed E-state index contributed by atoms with van der Waals surface area (Å²) in [5.74, 6) is -0.123. The number of para-hydroxylation sites is 3. The van der Waals surface area contributed by atoms with Crippen LogP contribution in [-0.4, -0.2) is 35.7 Å². The molecule has 1 amide bonds. The van der Waals surface area contributed by atoms with Crippen LogP contribution in [0.25, 0.3) is 10.9 Å². The monoisotopic (exact) mass is 468 g/mol. The molecule has 1 aliphatic carbocycles. The van der Waals surface area contributed by atoms with Gasteiger partial charge in [0, 0.05) is 35.2 Å². The van der Waals surface area contributed by atoms with E-state index in [2.05, 4.69) is 58.8 Å². The Kier molecular flexibility index (Phi) is 7.63. The Morgan fingerprint density at radius 2 is 1.89 bits per heavy atom. The van der Waals surface area contributed by atoms with E-state index in [1.165, 1.54) is 34.5 Å². The molecule has 35 heavy (non-hydrogen) atoms. The van der Waals surface area contributed by atoms with E-state index in [9.17, 15) is 4.79 Å². The molecule has 0 bridgehead atoms. The molecule has 0 fully saturated rings. The van der Waals surface area contributed by atoms with E-state index in [0.29, 0.717) is 23.0 Å². The molecule has 0 saturated carbocycles. The quantitative estimate of drug-likeness (QED) is 0.262. The van der Waals surface area contributed by atoms with Crippen molar-refractivity contribution in [2.24, 2.45) is 0 Å². The molecule has 0 radical (unpaired) electrons. The van der Waals surface area contributed by atoms with Crippen molar-refractivity contribution in [1.29, 1.82) is 0 Å². The minimum atomic E-state index is -0.123. The van der Waals surface area contributed by atoms with Crippen LogP contribution >= 0.6 is 0 Å². The summed E-state index contributed by atoms with van der Waals surface area (Å²) in [6.07, 6.45) is 5.96.